The molecule has 0 radical (unpaired) electrons. The Morgan fingerprint density at radius 2 is 1.75 bits per heavy atom. The van der Waals surface area contributed by atoms with Crippen molar-refractivity contribution in [2.45, 2.75) is 19.0 Å². The van der Waals surface area contributed by atoms with E-state index in [1.54, 1.807) is 33.6 Å². The number of halogens is 3. The van der Waals surface area contributed by atoms with E-state index in [1.165, 1.54) is 23.8 Å². The van der Waals surface area contributed by atoms with Crippen molar-refractivity contribution in [1.29, 1.82) is 0 Å². The number of hydrogen-bond donors (Lipinski definition) is 1. The highest BCUT2D eigenvalue weighted by molar-refractivity contribution is 8.68. The molecule has 0 aliphatic rings. The maximum atomic E-state index is 12.1. The third kappa shape index (κ3) is 9.10. The summed E-state index contributed by atoms with van der Waals surface area (Å²) in [6, 6.07) is 2.46. The first-order valence-electron chi connectivity index (χ1n) is 4.73. The second kappa shape index (κ2) is 11.5. The van der Waals surface area contributed by atoms with E-state index in [0.29, 0.717) is 16.2 Å². The molecule has 1 unspecified atom stereocenters. The third-order valence-corrected chi connectivity index (χ3v) is 12.0. The molecule has 0 saturated heterocycles. The molecular weight excluding hydrogens is 426 g/mol. The zero-order valence-corrected chi connectivity index (χ0v) is 16.3. The van der Waals surface area contributed by atoms with E-state index in [4.69, 9.17) is 5.11 Å². The van der Waals surface area contributed by atoms with E-state index in [-0.39, 0.29) is 12.5 Å². The van der Waals surface area contributed by atoms with Crippen molar-refractivity contribution in [2.75, 3.05) is 6.61 Å². The van der Waals surface area contributed by atoms with Gasteiger partial charge in [-0.25, -0.2) is 0 Å². The van der Waals surface area contributed by atoms with Crippen LogP contribution in [0.5, 0.6) is 0 Å². The molecule has 0 bridgehead atoms. The predicted octanol–water partition coefficient (Wildman–Crippen LogP) is 2.85. The van der Waals surface area contributed by atoms with Gasteiger partial charge in [0.25, 0.3) is 0 Å². The minimum absolute atomic E-state index is 0.127. The molecule has 1 atom stereocenters. The fourth-order valence-electron chi connectivity index (χ4n) is 0.894. The predicted molar refractivity (Wildman–Crippen MR) is 96.4 cm³/mol. The van der Waals surface area contributed by atoms with Gasteiger partial charge in [0.15, 0.2) is 0 Å². The first-order valence-corrected chi connectivity index (χ1v) is 13.5. The van der Waals surface area contributed by atoms with Gasteiger partial charge in [-0.05, 0) is 12.1 Å². The lowest BCUT2D eigenvalue weighted by Crippen LogP contribution is -2.00. The number of thiophene rings is 1. The van der Waals surface area contributed by atoms with Crippen LogP contribution in [0.4, 0.5) is 13.2 Å². The van der Waals surface area contributed by atoms with E-state index < -0.39 is 11.1 Å². The summed E-state index contributed by atoms with van der Waals surface area (Å²) in [4.78, 5) is -0.0439. The molecular formula is C8H9F3OS8. The third-order valence-electron chi connectivity index (χ3n) is 1.78. The molecule has 1 N–H and O–H groups in total. The van der Waals surface area contributed by atoms with Crippen molar-refractivity contribution in [1.82, 2.24) is 0 Å². The van der Waals surface area contributed by atoms with E-state index in [2.05, 4.69) is 22.4 Å². The van der Waals surface area contributed by atoms with E-state index >= 15 is 0 Å². The van der Waals surface area contributed by atoms with Gasteiger partial charge in [-0.3, -0.25) is 0 Å². The number of alkyl halides is 3. The maximum Gasteiger partial charge on any atom is 0.425 e. The van der Waals surface area contributed by atoms with Gasteiger partial charge >= 0.3 is 6.18 Å². The molecule has 1 heterocycles. The van der Waals surface area contributed by atoms with Crippen LogP contribution in [-0.2, 0) is 73.0 Å². The van der Waals surface area contributed by atoms with Crippen molar-refractivity contribution in [3.8, 4) is 0 Å². The Morgan fingerprint density at radius 1 is 1.20 bits per heavy atom. The molecule has 0 amide bonds. The van der Waals surface area contributed by atoms with Gasteiger partial charge < -0.3 is 5.11 Å². The Labute approximate surface area is 142 Å². The monoisotopic (exact) mass is 434 g/mol. The maximum absolute atomic E-state index is 12.1. The van der Waals surface area contributed by atoms with Gasteiger partial charge in [-0.1, -0.05) is 6.92 Å². The second-order valence-electron chi connectivity index (χ2n) is 3.12. The molecule has 0 fully saturated rings. The second-order valence-corrected chi connectivity index (χ2v) is 13.1. The van der Waals surface area contributed by atoms with Crippen molar-refractivity contribution in [3.05, 3.63) is 21.9 Å². The van der Waals surface area contributed by atoms with E-state index in [1.807, 2.05) is 0 Å². The topological polar surface area (TPSA) is 20.2 Å². The molecule has 0 aliphatic carbocycles. The van der Waals surface area contributed by atoms with Crippen LogP contribution in [-0.4, -0.2) is 11.7 Å². The van der Waals surface area contributed by atoms with Crippen LogP contribution in [0.25, 0.3) is 0 Å². The number of aliphatic hydroxyl groups is 1. The quantitative estimate of drug-likeness (QED) is 0.773. The molecule has 1 aromatic rings. The lowest BCUT2D eigenvalue weighted by atomic mass is 10.1. The molecule has 1 rings (SSSR count). The van der Waals surface area contributed by atoms with Gasteiger partial charge in [0.05, 0.1) is 6.61 Å². The summed E-state index contributed by atoms with van der Waals surface area (Å²) in [6.07, 6.45) is -4.27. The molecule has 0 aliphatic heterocycles. The van der Waals surface area contributed by atoms with Crippen molar-refractivity contribution in [3.63, 3.8) is 0 Å². The van der Waals surface area contributed by atoms with Crippen LogP contribution in [0.15, 0.2) is 12.1 Å². The minimum atomic E-state index is -4.27. The SMILES string of the molecule is CC(CO)c1ccc(C(F)(F)F)s1.S=S=S=S=S=S=S. The summed E-state index contributed by atoms with van der Waals surface area (Å²) in [7, 11) is 7.36. The summed E-state index contributed by atoms with van der Waals surface area (Å²) >= 11 is 9.82. The molecule has 0 spiro atoms. The lowest BCUT2D eigenvalue weighted by molar-refractivity contribution is -0.134. The lowest BCUT2D eigenvalue weighted by Gasteiger charge is -2.04. The van der Waals surface area contributed by atoms with E-state index in [9.17, 15) is 13.2 Å². The molecule has 12 heteroatoms. The largest absolute Gasteiger partial charge is 0.425 e. The smallest absolute Gasteiger partial charge is 0.396 e. The Balaban J connectivity index is 0.000000441. The molecule has 0 saturated carbocycles. The normalized spacial score (nSPS) is 11.7. The standard InChI is InChI=1S/C8H9F3OS.S7/c1-5(4-12)6-2-3-7(13-6)8(9,10)11;1-3-5-7-6-4-2/h2-3,5,12H,4H2,1H3;. The van der Waals surface area contributed by atoms with Crippen molar-refractivity contribution < 1.29 is 18.3 Å². The summed E-state index contributed by atoms with van der Waals surface area (Å²) in [5, 5.41) is 8.73. The highest BCUT2D eigenvalue weighted by atomic mass is 33.4. The Morgan fingerprint density at radius 3 is 2.10 bits per heavy atom. The molecule has 0 aromatic carbocycles. The van der Waals surface area contributed by atoms with Crippen LogP contribution in [0.1, 0.15) is 22.6 Å². The van der Waals surface area contributed by atoms with Gasteiger partial charge in [0.1, 0.15) is 4.88 Å². The van der Waals surface area contributed by atoms with Crippen LogP contribution in [0.3, 0.4) is 0 Å². The minimum Gasteiger partial charge on any atom is -0.396 e. The average Bonchev–Trinajstić information content (AvgIpc) is 2.89. The molecule has 20 heavy (non-hydrogen) atoms. The average molecular weight is 435 g/mol. The summed E-state index contributed by atoms with van der Waals surface area (Å²) < 4.78 is 36.3. The Bertz CT molecular complexity index is 586. The zero-order chi connectivity index (χ0) is 15.6. The van der Waals surface area contributed by atoms with Crippen molar-refractivity contribution >= 4 is 78.1 Å². The Kier molecular flexibility index (Phi) is 12.1. The van der Waals surface area contributed by atoms with Crippen LogP contribution >= 0.6 is 11.3 Å². The highest BCUT2D eigenvalue weighted by Gasteiger charge is 2.32. The summed E-state index contributed by atoms with van der Waals surface area (Å²) in [5.74, 6) is -0.221. The van der Waals surface area contributed by atoms with Crippen LogP contribution in [0, 0.1) is 0 Å². The Hall–Kier alpha value is 0.990. The van der Waals surface area contributed by atoms with Crippen LogP contribution in [0.2, 0.25) is 0 Å². The van der Waals surface area contributed by atoms with Gasteiger partial charge in [-0.2, -0.15) is 13.2 Å². The summed E-state index contributed by atoms with van der Waals surface area (Å²) in [5.41, 5.74) is 0. The fourth-order valence-corrected chi connectivity index (χ4v) is 10.0. The number of rotatable bonds is 2. The first-order chi connectivity index (χ1) is 9.36. The number of aliphatic hydroxyl groups excluding tert-OH is 1. The number of hydrogen-bond acceptors (Lipinski definition) is 4. The highest BCUT2D eigenvalue weighted by Crippen LogP contribution is 2.36. The van der Waals surface area contributed by atoms with Gasteiger partial charge in [0, 0.05) is 77.6 Å². The van der Waals surface area contributed by atoms with Gasteiger partial charge in [-0.15, -0.1) is 11.3 Å². The van der Waals surface area contributed by atoms with E-state index in [0.717, 1.165) is 6.07 Å². The van der Waals surface area contributed by atoms with Crippen LogP contribution < -0.4 is 0 Å². The fraction of sp³-hybridized carbons (Fsp3) is 0.500. The zero-order valence-electron chi connectivity index (χ0n) is 9.79. The molecule has 1 nitrogen and oxygen atoms in total. The summed E-state index contributed by atoms with van der Waals surface area (Å²) in [6.45, 7) is 1.56. The van der Waals surface area contributed by atoms with Gasteiger partial charge in [0.2, 0.25) is 0 Å². The molecule has 116 valence electrons. The van der Waals surface area contributed by atoms with Crippen molar-refractivity contribution in [2.24, 2.45) is 0 Å². The first kappa shape index (κ1) is 21.0. The molecule has 1 aromatic heterocycles.